The molecule has 1 aromatic heterocycles. The molecule has 0 spiro atoms. The molecular weight excluding hydrogens is 278 g/mol. The summed E-state index contributed by atoms with van der Waals surface area (Å²) in [5.41, 5.74) is 7.21. The first-order valence-corrected chi connectivity index (χ1v) is 7.42. The molecule has 0 saturated carbocycles. The van der Waals surface area contributed by atoms with Crippen molar-refractivity contribution in [3.8, 4) is 0 Å². The van der Waals surface area contributed by atoms with E-state index < -0.39 is 17.9 Å². The third-order valence-electron chi connectivity index (χ3n) is 3.26. The first kappa shape index (κ1) is 14.6. The number of nitrogens with two attached hydrogens (primary N) is 1. The molecule has 1 unspecified atom stereocenters. The monoisotopic (exact) mass is 295 g/mol. The fraction of sp³-hybridized carbons (Fsp3) is 0.462. The Morgan fingerprint density at radius 2 is 2.20 bits per heavy atom. The lowest BCUT2D eigenvalue weighted by molar-refractivity contribution is -0.138. The summed E-state index contributed by atoms with van der Waals surface area (Å²) in [5.74, 6) is 0.183. The fourth-order valence-corrected chi connectivity index (χ4v) is 3.43. The van der Waals surface area contributed by atoms with Gasteiger partial charge < -0.3 is 15.7 Å². The molecular formula is C13H17N3O3S. The molecule has 1 aliphatic rings. The second-order valence-electron chi connectivity index (χ2n) is 4.77. The molecule has 0 bridgehead atoms. The molecule has 1 fully saturated rings. The maximum absolute atomic E-state index is 11.7. The van der Waals surface area contributed by atoms with Gasteiger partial charge in [-0.25, -0.2) is 9.78 Å². The van der Waals surface area contributed by atoms with Crippen molar-refractivity contribution < 1.29 is 14.7 Å². The minimum Gasteiger partial charge on any atom is -0.480 e. The van der Waals surface area contributed by atoms with E-state index >= 15 is 0 Å². The van der Waals surface area contributed by atoms with E-state index in [-0.39, 0.29) is 0 Å². The Morgan fingerprint density at radius 1 is 1.50 bits per heavy atom. The third kappa shape index (κ3) is 2.72. The van der Waals surface area contributed by atoms with Crippen molar-refractivity contribution in [3.63, 3.8) is 0 Å². The molecule has 0 radical (unpaired) electrons. The van der Waals surface area contributed by atoms with Crippen molar-refractivity contribution in [2.45, 2.75) is 19.9 Å². The van der Waals surface area contributed by atoms with Gasteiger partial charge in [0.25, 0.3) is 5.91 Å². The summed E-state index contributed by atoms with van der Waals surface area (Å²) in [4.78, 5) is 29.1. The Labute approximate surface area is 121 Å². The molecule has 6 nitrogen and oxygen atoms in total. The fourth-order valence-electron chi connectivity index (χ4n) is 2.39. The summed E-state index contributed by atoms with van der Waals surface area (Å²) >= 11 is 1.59. The van der Waals surface area contributed by atoms with Crippen molar-refractivity contribution in [2.24, 2.45) is 5.73 Å². The van der Waals surface area contributed by atoms with E-state index in [1.807, 2.05) is 6.92 Å². The lowest BCUT2D eigenvalue weighted by Gasteiger charge is -2.34. The normalized spacial score (nSPS) is 18.9. The van der Waals surface area contributed by atoms with Gasteiger partial charge in [0.15, 0.2) is 0 Å². The first-order valence-electron chi connectivity index (χ1n) is 6.27. The molecule has 2 heterocycles. The second-order valence-corrected chi connectivity index (χ2v) is 5.92. The number of aliphatic carboxylic acids is 1. The van der Waals surface area contributed by atoms with Crippen LogP contribution >= 0.6 is 11.8 Å². The number of anilines is 1. The molecule has 1 amide bonds. The van der Waals surface area contributed by atoms with Crippen LogP contribution in [0.15, 0.2) is 6.07 Å². The standard InChI is InChI=1S/C13H17N3O3S/c1-7-5-8(2)15-12(10(7)11(14)17)16-3-4-20-6-9(16)13(18)19/h5,9H,3-4,6H2,1-2H3,(H2,14,17)(H,18,19). The molecule has 1 saturated heterocycles. The number of nitrogens with zero attached hydrogens (tertiary/aromatic N) is 2. The number of carbonyl (C=O) groups excluding carboxylic acids is 1. The highest BCUT2D eigenvalue weighted by Crippen LogP contribution is 2.28. The van der Waals surface area contributed by atoms with Gasteiger partial charge in [0.2, 0.25) is 0 Å². The average Bonchev–Trinajstić information content (AvgIpc) is 2.37. The molecule has 108 valence electrons. The zero-order chi connectivity index (χ0) is 14.9. The number of amides is 1. The van der Waals surface area contributed by atoms with Crippen LogP contribution in [0, 0.1) is 13.8 Å². The van der Waals surface area contributed by atoms with Crippen LogP contribution in [0.4, 0.5) is 5.82 Å². The number of hydrogen-bond donors (Lipinski definition) is 2. The highest BCUT2D eigenvalue weighted by Gasteiger charge is 2.32. The van der Waals surface area contributed by atoms with E-state index in [0.717, 1.165) is 17.0 Å². The van der Waals surface area contributed by atoms with E-state index in [1.165, 1.54) is 0 Å². The van der Waals surface area contributed by atoms with Crippen LogP contribution in [0.5, 0.6) is 0 Å². The summed E-state index contributed by atoms with van der Waals surface area (Å²) < 4.78 is 0. The van der Waals surface area contributed by atoms with Gasteiger partial charge in [-0.15, -0.1) is 0 Å². The Balaban J connectivity index is 2.54. The topological polar surface area (TPSA) is 96.5 Å². The lowest BCUT2D eigenvalue weighted by atomic mass is 10.1. The van der Waals surface area contributed by atoms with Crippen molar-refractivity contribution >= 4 is 29.5 Å². The molecule has 20 heavy (non-hydrogen) atoms. The first-order chi connectivity index (χ1) is 9.41. The van der Waals surface area contributed by atoms with E-state index in [1.54, 1.807) is 29.7 Å². The number of carboxylic acid groups (broad SMARTS) is 1. The maximum atomic E-state index is 11.7. The Kier molecular flexibility index (Phi) is 4.17. The van der Waals surface area contributed by atoms with Gasteiger partial charge in [-0.1, -0.05) is 0 Å². The second kappa shape index (κ2) is 5.70. The predicted molar refractivity (Wildman–Crippen MR) is 78.3 cm³/mol. The summed E-state index contributed by atoms with van der Waals surface area (Å²) in [6.07, 6.45) is 0. The molecule has 2 rings (SSSR count). The molecule has 1 atom stereocenters. The van der Waals surface area contributed by atoms with Crippen molar-refractivity contribution in [2.75, 3.05) is 23.0 Å². The number of aromatic nitrogens is 1. The van der Waals surface area contributed by atoms with Gasteiger partial charge in [0.05, 0.1) is 5.56 Å². The largest absolute Gasteiger partial charge is 0.480 e. The molecule has 0 aliphatic carbocycles. The van der Waals surface area contributed by atoms with Crippen LogP contribution in [0.2, 0.25) is 0 Å². The predicted octanol–water partition coefficient (Wildman–Crippen LogP) is 0.804. The number of primary amides is 1. The van der Waals surface area contributed by atoms with Gasteiger partial charge in [-0.2, -0.15) is 11.8 Å². The van der Waals surface area contributed by atoms with E-state index in [0.29, 0.717) is 23.7 Å². The Bertz CT molecular complexity index is 562. The number of thioether (sulfide) groups is 1. The lowest BCUT2D eigenvalue weighted by Crippen LogP contribution is -2.48. The minimum atomic E-state index is -0.909. The maximum Gasteiger partial charge on any atom is 0.327 e. The van der Waals surface area contributed by atoms with Crippen LogP contribution in [-0.2, 0) is 4.79 Å². The summed E-state index contributed by atoms with van der Waals surface area (Å²) in [6.45, 7) is 4.14. The van der Waals surface area contributed by atoms with Gasteiger partial charge >= 0.3 is 5.97 Å². The van der Waals surface area contributed by atoms with Crippen LogP contribution in [-0.4, -0.2) is 46.1 Å². The Hall–Kier alpha value is -1.76. The van der Waals surface area contributed by atoms with Gasteiger partial charge in [-0.05, 0) is 25.5 Å². The smallest absolute Gasteiger partial charge is 0.327 e. The summed E-state index contributed by atoms with van der Waals surface area (Å²) in [5, 5.41) is 9.34. The van der Waals surface area contributed by atoms with Gasteiger partial charge in [0, 0.05) is 23.7 Å². The zero-order valence-corrected chi connectivity index (χ0v) is 12.2. The summed E-state index contributed by atoms with van der Waals surface area (Å²) in [7, 11) is 0. The average molecular weight is 295 g/mol. The minimum absolute atomic E-state index is 0.314. The number of carbonyl (C=O) groups is 2. The summed E-state index contributed by atoms with van der Waals surface area (Å²) in [6, 6.07) is 1.10. The molecule has 1 aliphatic heterocycles. The quantitative estimate of drug-likeness (QED) is 0.856. The van der Waals surface area contributed by atoms with Crippen LogP contribution in [0.25, 0.3) is 0 Å². The number of pyridine rings is 1. The third-order valence-corrected chi connectivity index (χ3v) is 4.28. The molecule has 1 aromatic rings. The SMILES string of the molecule is Cc1cc(C)c(C(N)=O)c(N2CCSCC2C(=O)O)n1. The van der Waals surface area contributed by atoms with Crippen LogP contribution < -0.4 is 10.6 Å². The zero-order valence-electron chi connectivity index (χ0n) is 11.4. The number of rotatable bonds is 3. The van der Waals surface area contributed by atoms with Crippen LogP contribution in [0.1, 0.15) is 21.6 Å². The molecule has 7 heteroatoms. The van der Waals surface area contributed by atoms with Crippen molar-refractivity contribution in [3.05, 3.63) is 22.9 Å². The molecule has 3 N–H and O–H groups in total. The Morgan fingerprint density at radius 3 is 2.80 bits per heavy atom. The van der Waals surface area contributed by atoms with Crippen LogP contribution in [0.3, 0.4) is 0 Å². The molecule has 0 aromatic carbocycles. The van der Waals surface area contributed by atoms with E-state index in [2.05, 4.69) is 4.98 Å². The van der Waals surface area contributed by atoms with Gasteiger partial charge in [-0.3, -0.25) is 4.79 Å². The van der Waals surface area contributed by atoms with Crippen molar-refractivity contribution in [1.82, 2.24) is 4.98 Å². The highest BCUT2D eigenvalue weighted by atomic mass is 32.2. The number of hydrogen-bond acceptors (Lipinski definition) is 5. The number of aryl methyl sites for hydroxylation is 2. The van der Waals surface area contributed by atoms with E-state index in [4.69, 9.17) is 5.73 Å². The number of carboxylic acids is 1. The van der Waals surface area contributed by atoms with Crippen molar-refractivity contribution in [1.29, 1.82) is 0 Å². The highest BCUT2D eigenvalue weighted by molar-refractivity contribution is 7.99. The van der Waals surface area contributed by atoms with E-state index in [9.17, 15) is 14.7 Å². The van der Waals surface area contributed by atoms with Gasteiger partial charge in [0.1, 0.15) is 11.9 Å².